The van der Waals surface area contributed by atoms with E-state index in [-0.39, 0.29) is 18.5 Å². The Bertz CT molecular complexity index is 579. The molecular weight excluding hydrogens is 266 g/mol. The first-order valence-electron chi connectivity index (χ1n) is 7.31. The lowest BCUT2D eigenvalue weighted by Gasteiger charge is -2.31. The number of carboxylic acids is 1. The van der Waals surface area contributed by atoms with Crippen molar-refractivity contribution in [2.75, 3.05) is 6.54 Å². The van der Waals surface area contributed by atoms with Gasteiger partial charge in [0.25, 0.3) is 0 Å². The van der Waals surface area contributed by atoms with Crippen LogP contribution in [0, 0.1) is 0 Å². The zero-order valence-corrected chi connectivity index (χ0v) is 11.8. The average Bonchev–Trinajstić information content (AvgIpc) is 3.13. The minimum Gasteiger partial charge on any atom is -0.481 e. The zero-order valence-electron chi connectivity index (χ0n) is 11.8. The van der Waals surface area contributed by atoms with Gasteiger partial charge in [-0.25, -0.2) is 0 Å². The van der Waals surface area contributed by atoms with E-state index in [2.05, 4.69) is 17.0 Å². The third-order valence-corrected chi connectivity index (χ3v) is 4.09. The largest absolute Gasteiger partial charge is 0.481 e. The molecule has 3 rings (SSSR count). The number of aliphatic carboxylic acids is 1. The van der Waals surface area contributed by atoms with Crippen molar-refractivity contribution >= 4 is 5.97 Å². The summed E-state index contributed by atoms with van der Waals surface area (Å²) < 4.78 is 5.63. The molecule has 0 spiro atoms. The number of hydrogen-bond donors (Lipinski definition) is 1. The van der Waals surface area contributed by atoms with E-state index in [1.54, 1.807) is 6.26 Å². The maximum absolute atomic E-state index is 11.1. The van der Waals surface area contributed by atoms with Crippen molar-refractivity contribution in [2.45, 2.75) is 31.3 Å². The Labute approximate surface area is 124 Å². The topological polar surface area (TPSA) is 53.7 Å². The van der Waals surface area contributed by atoms with Gasteiger partial charge in [-0.15, -0.1) is 0 Å². The molecule has 0 amide bonds. The van der Waals surface area contributed by atoms with Gasteiger partial charge in [0.15, 0.2) is 0 Å². The minimum absolute atomic E-state index is 0.00644. The smallest absolute Gasteiger partial charge is 0.304 e. The summed E-state index contributed by atoms with van der Waals surface area (Å²) in [6.07, 6.45) is 3.82. The van der Waals surface area contributed by atoms with Gasteiger partial charge in [0.1, 0.15) is 5.76 Å². The highest BCUT2D eigenvalue weighted by Crippen LogP contribution is 2.35. The van der Waals surface area contributed by atoms with Gasteiger partial charge < -0.3 is 9.52 Å². The number of carbonyl (C=O) groups is 1. The summed E-state index contributed by atoms with van der Waals surface area (Å²) in [6, 6.07) is 14.1. The molecule has 0 aliphatic carbocycles. The molecule has 4 heteroatoms. The summed E-state index contributed by atoms with van der Waals surface area (Å²) in [5.74, 6) is 0.136. The van der Waals surface area contributed by atoms with E-state index in [0.717, 1.165) is 30.7 Å². The van der Waals surface area contributed by atoms with E-state index >= 15 is 0 Å². The lowest BCUT2D eigenvalue weighted by molar-refractivity contribution is -0.138. The third kappa shape index (κ3) is 3.00. The van der Waals surface area contributed by atoms with E-state index in [4.69, 9.17) is 9.52 Å². The summed E-state index contributed by atoms with van der Waals surface area (Å²) in [6.45, 7) is 0.901. The van der Waals surface area contributed by atoms with Crippen molar-refractivity contribution < 1.29 is 14.3 Å². The van der Waals surface area contributed by atoms with Crippen molar-refractivity contribution in [2.24, 2.45) is 0 Å². The van der Waals surface area contributed by atoms with Crippen LogP contribution in [-0.2, 0) is 4.79 Å². The van der Waals surface area contributed by atoms with Crippen LogP contribution in [-0.4, -0.2) is 28.6 Å². The Morgan fingerprint density at radius 3 is 2.76 bits per heavy atom. The van der Waals surface area contributed by atoms with Crippen molar-refractivity contribution in [1.29, 1.82) is 0 Å². The highest BCUT2D eigenvalue weighted by atomic mass is 16.4. The summed E-state index contributed by atoms with van der Waals surface area (Å²) in [5.41, 5.74) is 1.14. The predicted octanol–water partition coefficient (Wildman–Crippen LogP) is 3.31. The number of nitrogens with zero attached hydrogens (tertiary/aromatic N) is 1. The highest BCUT2D eigenvalue weighted by Gasteiger charge is 2.34. The molecule has 1 fully saturated rings. The first-order valence-corrected chi connectivity index (χ1v) is 7.31. The lowest BCUT2D eigenvalue weighted by Crippen LogP contribution is -2.35. The van der Waals surface area contributed by atoms with Crippen molar-refractivity contribution in [3.05, 3.63) is 60.1 Å². The fourth-order valence-corrected chi connectivity index (χ4v) is 3.22. The van der Waals surface area contributed by atoms with E-state index in [1.807, 2.05) is 30.3 Å². The van der Waals surface area contributed by atoms with Gasteiger partial charge in [-0.05, 0) is 37.1 Å². The van der Waals surface area contributed by atoms with Crippen LogP contribution in [0.1, 0.15) is 36.6 Å². The number of carboxylic acid groups (broad SMARTS) is 1. The second-order valence-corrected chi connectivity index (χ2v) is 5.46. The molecule has 110 valence electrons. The number of furan rings is 1. The Balaban J connectivity index is 1.94. The molecule has 0 saturated carbocycles. The van der Waals surface area contributed by atoms with Gasteiger partial charge in [-0.2, -0.15) is 0 Å². The third-order valence-electron chi connectivity index (χ3n) is 4.09. The second-order valence-electron chi connectivity index (χ2n) is 5.46. The molecule has 4 nitrogen and oxygen atoms in total. The van der Waals surface area contributed by atoms with Gasteiger partial charge in [0.05, 0.1) is 18.7 Å². The fraction of sp³-hybridized carbons (Fsp3) is 0.353. The van der Waals surface area contributed by atoms with E-state index in [1.165, 1.54) is 0 Å². The van der Waals surface area contributed by atoms with Crippen LogP contribution in [0.3, 0.4) is 0 Å². The van der Waals surface area contributed by atoms with Gasteiger partial charge in [0, 0.05) is 6.04 Å². The standard InChI is InChI=1S/C17H19NO3/c19-16(20)12-14-8-4-10-18(14)17(15-9-5-11-21-15)13-6-2-1-3-7-13/h1-3,5-7,9,11,14,17H,4,8,10,12H2,(H,19,20). The Hall–Kier alpha value is -2.07. The first-order chi connectivity index (χ1) is 10.3. The lowest BCUT2D eigenvalue weighted by atomic mass is 10.0. The summed E-state index contributed by atoms with van der Waals surface area (Å²) in [5, 5.41) is 9.12. The molecule has 0 bridgehead atoms. The molecule has 2 aromatic rings. The predicted molar refractivity (Wildman–Crippen MR) is 79.0 cm³/mol. The average molecular weight is 285 g/mol. The molecule has 1 N–H and O–H groups in total. The van der Waals surface area contributed by atoms with Crippen molar-refractivity contribution in [1.82, 2.24) is 4.90 Å². The zero-order chi connectivity index (χ0) is 14.7. The van der Waals surface area contributed by atoms with E-state index in [9.17, 15) is 4.79 Å². The van der Waals surface area contributed by atoms with Crippen LogP contribution in [0.5, 0.6) is 0 Å². The molecule has 2 atom stereocenters. The van der Waals surface area contributed by atoms with Gasteiger partial charge >= 0.3 is 5.97 Å². The van der Waals surface area contributed by atoms with E-state index in [0.29, 0.717) is 0 Å². The Kier molecular flexibility index (Phi) is 4.06. The maximum Gasteiger partial charge on any atom is 0.304 e. The highest BCUT2D eigenvalue weighted by molar-refractivity contribution is 5.67. The van der Waals surface area contributed by atoms with Gasteiger partial charge in [-0.1, -0.05) is 30.3 Å². The van der Waals surface area contributed by atoms with Crippen LogP contribution in [0.25, 0.3) is 0 Å². The number of benzene rings is 1. The number of hydrogen-bond acceptors (Lipinski definition) is 3. The molecule has 1 aliphatic heterocycles. The van der Waals surface area contributed by atoms with E-state index < -0.39 is 5.97 Å². The molecule has 1 saturated heterocycles. The summed E-state index contributed by atoms with van der Waals surface area (Å²) in [4.78, 5) is 13.4. The van der Waals surface area contributed by atoms with Gasteiger partial charge in [0.2, 0.25) is 0 Å². The van der Waals surface area contributed by atoms with Crippen LogP contribution in [0.15, 0.2) is 53.1 Å². The summed E-state index contributed by atoms with van der Waals surface area (Å²) >= 11 is 0. The Morgan fingerprint density at radius 2 is 2.10 bits per heavy atom. The van der Waals surface area contributed by atoms with Crippen LogP contribution in [0.4, 0.5) is 0 Å². The summed E-state index contributed by atoms with van der Waals surface area (Å²) in [7, 11) is 0. The SMILES string of the molecule is O=C(O)CC1CCCN1C(c1ccccc1)c1ccco1. The molecule has 21 heavy (non-hydrogen) atoms. The molecule has 2 heterocycles. The normalized spacial score (nSPS) is 20.5. The molecule has 1 aromatic heterocycles. The molecule has 0 radical (unpaired) electrons. The second kappa shape index (κ2) is 6.14. The van der Waals surface area contributed by atoms with Crippen molar-refractivity contribution in [3.8, 4) is 0 Å². The Morgan fingerprint density at radius 1 is 1.29 bits per heavy atom. The van der Waals surface area contributed by atoms with Crippen molar-refractivity contribution in [3.63, 3.8) is 0 Å². The van der Waals surface area contributed by atoms with Gasteiger partial charge in [-0.3, -0.25) is 9.69 Å². The molecule has 1 aromatic carbocycles. The quantitative estimate of drug-likeness (QED) is 0.915. The first kappa shape index (κ1) is 13.9. The van der Waals surface area contributed by atoms with Crippen LogP contribution < -0.4 is 0 Å². The maximum atomic E-state index is 11.1. The minimum atomic E-state index is -0.738. The fourth-order valence-electron chi connectivity index (χ4n) is 3.22. The molecule has 1 aliphatic rings. The number of rotatable bonds is 5. The molecule has 2 unspecified atom stereocenters. The van der Waals surface area contributed by atoms with Crippen LogP contribution >= 0.6 is 0 Å². The monoisotopic (exact) mass is 285 g/mol. The molecular formula is C17H19NO3. The van der Waals surface area contributed by atoms with Crippen LogP contribution in [0.2, 0.25) is 0 Å². The number of likely N-dealkylation sites (tertiary alicyclic amines) is 1.